The lowest BCUT2D eigenvalue weighted by Crippen LogP contribution is -2.21. The molecule has 32 heavy (non-hydrogen) atoms. The number of hydrogen-bond acceptors (Lipinski definition) is 5. The maximum Gasteiger partial charge on any atom is 0.302 e. The number of esters is 1. The number of carbonyl (C=O) groups excluding carboxylic acids is 2. The van der Waals surface area contributed by atoms with Gasteiger partial charge in [-0.05, 0) is 29.8 Å². The van der Waals surface area contributed by atoms with E-state index in [0.29, 0.717) is 16.8 Å². The molecule has 1 heterocycles. The standard InChI is InChI=1S/C23H23FN2O5S/c1-16(27)31-12-13-32(29,30)25-19-9-8-18(21(24)15-19)14-20-10-11-22(26(20)2)23(28)17-6-4-3-5-7-17/h3-11,15,25H,12-14H2,1-2H3. The first kappa shape index (κ1) is 23.2. The molecule has 0 spiro atoms. The molecule has 168 valence electrons. The monoisotopic (exact) mass is 458 g/mol. The smallest absolute Gasteiger partial charge is 0.302 e. The lowest BCUT2D eigenvalue weighted by atomic mass is 10.1. The second-order valence-corrected chi connectivity index (χ2v) is 9.05. The first-order chi connectivity index (χ1) is 15.2. The Morgan fingerprint density at radius 1 is 1.06 bits per heavy atom. The van der Waals surface area contributed by atoms with Gasteiger partial charge in [0.15, 0.2) is 0 Å². The van der Waals surface area contributed by atoms with Crippen molar-refractivity contribution in [3.05, 3.63) is 89.0 Å². The van der Waals surface area contributed by atoms with Gasteiger partial charge in [-0.25, -0.2) is 12.8 Å². The third-order valence-corrected chi connectivity index (χ3v) is 6.10. The molecule has 9 heteroatoms. The average Bonchev–Trinajstić information content (AvgIpc) is 3.09. The molecular formula is C23H23FN2O5S. The molecule has 0 saturated heterocycles. The highest BCUT2D eigenvalue weighted by molar-refractivity contribution is 7.92. The zero-order valence-electron chi connectivity index (χ0n) is 17.7. The summed E-state index contributed by atoms with van der Waals surface area (Å²) in [6.07, 6.45) is 0.226. The van der Waals surface area contributed by atoms with Gasteiger partial charge in [-0.3, -0.25) is 14.3 Å². The number of ketones is 1. The van der Waals surface area contributed by atoms with Crippen molar-refractivity contribution in [3.8, 4) is 0 Å². The molecule has 0 aliphatic heterocycles. The summed E-state index contributed by atoms with van der Waals surface area (Å²) >= 11 is 0. The van der Waals surface area contributed by atoms with E-state index in [2.05, 4.69) is 9.46 Å². The highest BCUT2D eigenvalue weighted by atomic mass is 32.2. The van der Waals surface area contributed by atoms with Crippen molar-refractivity contribution in [1.29, 1.82) is 0 Å². The minimum atomic E-state index is -3.79. The van der Waals surface area contributed by atoms with Crippen LogP contribution in [0.4, 0.5) is 10.1 Å². The molecule has 0 bridgehead atoms. The minimum Gasteiger partial charge on any atom is -0.465 e. The molecule has 0 aliphatic carbocycles. The summed E-state index contributed by atoms with van der Waals surface area (Å²) in [6, 6.07) is 16.4. The zero-order chi connectivity index (χ0) is 23.3. The molecule has 7 nitrogen and oxygen atoms in total. The van der Waals surface area contributed by atoms with Crippen molar-refractivity contribution in [1.82, 2.24) is 4.57 Å². The normalized spacial score (nSPS) is 11.2. The fourth-order valence-corrected chi connectivity index (χ4v) is 4.06. The number of nitrogens with one attached hydrogen (secondary N) is 1. The van der Waals surface area contributed by atoms with Gasteiger partial charge in [-0.15, -0.1) is 0 Å². The highest BCUT2D eigenvalue weighted by Crippen LogP contribution is 2.21. The van der Waals surface area contributed by atoms with Gasteiger partial charge in [-0.1, -0.05) is 36.4 Å². The van der Waals surface area contributed by atoms with Crippen LogP contribution in [0.3, 0.4) is 0 Å². The Balaban J connectivity index is 1.71. The van der Waals surface area contributed by atoms with Crippen LogP contribution in [-0.4, -0.2) is 37.1 Å². The molecule has 1 aromatic heterocycles. The van der Waals surface area contributed by atoms with Crippen molar-refractivity contribution >= 4 is 27.5 Å². The molecule has 1 N–H and O–H groups in total. The van der Waals surface area contributed by atoms with E-state index in [1.807, 2.05) is 6.07 Å². The molecule has 0 atom stereocenters. The van der Waals surface area contributed by atoms with Gasteiger partial charge in [0.2, 0.25) is 15.8 Å². The predicted octanol–water partition coefficient (Wildman–Crippen LogP) is 3.29. The number of rotatable bonds is 9. The van der Waals surface area contributed by atoms with Gasteiger partial charge in [-0.2, -0.15) is 0 Å². The summed E-state index contributed by atoms with van der Waals surface area (Å²) < 4.78 is 47.3. The summed E-state index contributed by atoms with van der Waals surface area (Å²) in [6.45, 7) is 0.893. The van der Waals surface area contributed by atoms with Crippen molar-refractivity contribution in [2.45, 2.75) is 13.3 Å². The Hall–Kier alpha value is -3.46. The molecule has 3 rings (SSSR count). The number of sulfonamides is 1. The van der Waals surface area contributed by atoms with Gasteiger partial charge in [0.05, 0.1) is 11.4 Å². The summed E-state index contributed by atoms with van der Waals surface area (Å²) in [7, 11) is -2.05. The molecule has 2 aromatic carbocycles. The third-order valence-electron chi connectivity index (χ3n) is 4.85. The van der Waals surface area contributed by atoms with Gasteiger partial charge in [0, 0.05) is 31.6 Å². The van der Waals surface area contributed by atoms with Crippen molar-refractivity contribution in [2.24, 2.45) is 7.05 Å². The Morgan fingerprint density at radius 3 is 2.44 bits per heavy atom. The van der Waals surface area contributed by atoms with E-state index in [9.17, 15) is 22.4 Å². The maximum absolute atomic E-state index is 14.7. The van der Waals surface area contributed by atoms with Crippen molar-refractivity contribution in [2.75, 3.05) is 17.1 Å². The second kappa shape index (κ2) is 9.78. The zero-order valence-corrected chi connectivity index (χ0v) is 18.5. The molecule has 0 unspecified atom stereocenters. The van der Waals surface area contributed by atoms with Crippen molar-refractivity contribution < 1.29 is 27.1 Å². The van der Waals surface area contributed by atoms with Crippen LogP contribution in [0.5, 0.6) is 0 Å². The molecular weight excluding hydrogens is 435 g/mol. The lowest BCUT2D eigenvalue weighted by molar-refractivity contribution is -0.140. The van der Waals surface area contributed by atoms with Gasteiger partial charge >= 0.3 is 5.97 Å². The molecule has 0 radical (unpaired) electrons. The fourth-order valence-electron chi connectivity index (χ4n) is 3.17. The predicted molar refractivity (Wildman–Crippen MR) is 119 cm³/mol. The van der Waals surface area contributed by atoms with E-state index in [4.69, 9.17) is 0 Å². The second-order valence-electron chi connectivity index (χ2n) is 7.21. The number of hydrogen-bond donors (Lipinski definition) is 1. The molecule has 0 saturated carbocycles. The van der Waals surface area contributed by atoms with E-state index >= 15 is 0 Å². The van der Waals surface area contributed by atoms with Crippen LogP contribution in [0.2, 0.25) is 0 Å². The fraction of sp³-hybridized carbons (Fsp3) is 0.217. The summed E-state index contributed by atoms with van der Waals surface area (Å²) in [4.78, 5) is 23.4. The molecule has 3 aromatic rings. The Labute approximate surface area is 185 Å². The van der Waals surface area contributed by atoms with E-state index < -0.39 is 27.6 Å². The summed E-state index contributed by atoms with van der Waals surface area (Å²) in [5.74, 6) is -1.72. The number of ether oxygens (including phenoxy) is 1. The average molecular weight is 459 g/mol. The van der Waals surface area contributed by atoms with Crippen LogP contribution in [0.1, 0.15) is 34.2 Å². The van der Waals surface area contributed by atoms with Gasteiger partial charge < -0.3 is 9.30 Å². The lowest BCUT2D eigenvalue weighted by Gasteiger charge is -2.11. The maximum atomic E-state index is 14.7. The van der Waals surface area contributed by atoms with Crippen LogP contribution in [-0.2, 0) is 33.0 Å². The largest absolute Gasteiger partial charge is 0.465 e. The van der Waals surface area contributed by atoms with E-state index in [-0.39, 0.29) is 24.5 Å². The highest BCUT2D eigenvalue weighted by Gasteiger charge is 2.17. The molecule has 0 fully saturated rings. The van der Waals surface area contributed by atoms with Crippen LogP contribution < -0.4 is 4.72 Å². The number of nitrogens with zero attached hydrogens (tertiary/aromatic N) is 1. The van der Waals surface area contributed by atoms with Crippen LogP contribution >= 0.6 is 0 Å². The van der Waals surface area contributed by atoms with E-state index in [1.54, 1.807) is 48.0 Å². The van der Waals surface area contributed by atoms with E-state index in [0.717, 1.165) is 11.8 Å². The number of carbonyl (C=O) groups is 2. The Bertz CT molecular complexity index is 1240. The van der Waals surface area contributed by atoms with Crippen LogP contribution in [0.15, 0.2) is 60.7 Å². The van der Waals surface area contributed by atoms with Gasteiger partial charge in [0.1, 0.15) is 18.2 Å². The number of aromatic nitrogens is 1. The quantitative estimate of drug-likeness (QED) is 0.392. The summed E-state index contributed by atoms with van der Waals surface area (Å²) in [5, 5.41) is 0. The SMILES string of the molecule is CC(=O)OCCS(=O)(=O)Nc1ccc(Cc2ccc(C(=O)c3ccccc3)n2C)c(F)c1. The first-order valence-corrected chi connectivity index (χ1v) is 11.5. The minimum absolute atomic E-state index is 0.0703. The number of anilines is 1. The third kappa shape index (κ3) is 5.82. The number of benzene rings is 2. The number of halogens is 1. The van der Waals surface area contributed by atoms with Crippen molar-refractivity contribution in [3.63, 3.8) is 0 Å². The first-order valence-electron chi connectivity index (χ1n) is 9.83. The molecule has 0 aliphatic rings. The van der Waals surface area contributed by atoms with Crippen LogP contribution in [0.25, 0.3) is 0 Å². The molecule has 0 amide bonds. The van der Waals surface area contributed by atoms with Gasteiger partial charge in [0.25, 0.3) is 0 Å². The Kier molecular flexibility index (Phi) is 7.09. The Morgan fingerprint density at radius 2 is 1.78 bits per heavy atom. The summed E-state index contributed by atoms with van der Waals surface area (Å²) in [5.41, 5.74) is 2.21. The topological polar surface area (TPSA) is 94.5 Å². The van der Waals surface area contributed by atoms with Crippen LogP contribution in [0, 0.1) is 5.82 Å². The van der Waals surface area contributed by atoms with E-state index in [1.165, 1.54) is 19.1 Å².